The van der Waals surface area contributed by atoms with E-state index in [1.54, 1.807) is 36.4 Å². The van der Waals surface area contributed by atoms with Gasteiger partial charge < -0.3 is 10.1 Å². The normalized spacial score (nSPS) is 10.6. The van der Waals surface area contributed by atoms with Gasteiger partial charge in [-0.15, -0.1) is 0 Å². The molecule has 0 unspecified atom stereocenters. The van der Waals surface area contributed by atoms with E-state index in [4.69, 9.17) is 16.3 Å². The van der Waals surface area contributed by atoms with Gasteiger partial charge in [-0.05, 0) is 66.1 Å². The summed E-state index contributed by atoms with van der Waals surface area (Å²) in [6.07, 6.45) is 1.45. The summed E-state index contributed by atoms with van der Waals surface area (Å²) in [7, 11) is 0. The van der Waals surface area contributed by atoms with Crippen LogP contribution >= 0.6 is 11.6 Å². The summed E-state index contributed by atoms with van der Waals surface area (Å²) in [5, 5.41) is 7.05. The minimum absolute atomic E-state index is 0.427. The molecule has 30 heavy (non-hydrogen) atoms. The molecular formula is C23H20ClN3O3. The number of hydrazone groups is 1. The highest BCUT2D eigenvalue weighted by molar-refractivity contribution is 6.39. The lowest BCUT2D eigenvalue weighted by Gasteiger charge is -2.07. The van der Waals surface area contributed by atoms with Crippen molar-refractivity contribution in [2.45, 2.75) is 13.5 Å². The first kappa shape index (κ1) is 21.1. The van der Waals surface area contributed by atoms with Crippen molar-refractivity contribution < 1.29 is 14.3 Å². The van der Waals surface area contributed by atoms with E-state index in [0.29, 0.717) is 23.1 Å². The van der Waals surface area contributed by atoms with Gasteiger partial charge in [0, 0.05) is 10.7 Å². The largest absolute Gasteiger partial charge is 0.489 e. The second-order valence-corrected chi connectivity index (χ2v) is 6.89. The maximum Gasteiger partial charge on any atom is 0.329 e. The molecule has 0 fully saturated rings. The molecule has 0 aliphatic rings. The fraction of sp³-hybridized carbons (Fsp3) is 0.0870. The molecule has 3 aromatic carbocycles. The summed E-state index contributed by atoms with van der Waals surface area (Å²) in [6.45, 7) is 2.27. The second kappa shape index (κ2) is 10.2. The van der Waals surface area contributed by atoms with Crippen LogP contribution in [0.1, 0.15) is 16.7 Å². The van der Waals surface area contributed by atoms with Crippen LogP contribution in [0.3, 0.4) is 0 Å². The number of nitrogens with zero attached hydrogens (tertiary/aromatic N) is 1. The van der Waals surface area contributed by atoms with Crippen LogP contribution in [0.2, 0.25) is 5.02 Å². The van der Waals surface area contributed by atoms with Crippen LogP contribution < -0.4 is 15.5 Å². The van der Waals surface area contributed by atoms with Gasteiger partial charge in [0.2, 0.25) is 0 Å². The van der Waals surface area contributed by atoms with Crippen molar-refractivity contribution >= 4 is 35.3 Å². The SMILES string of the molecule is Cc1ccccc1NC(=O)C(=O)NN=Cc1ccc(OCc2ccc(Cl)cc2)cc1. The molecular weight excluding hydrogens is 402 g/mol. The van der Waals surface area contributed by atoms with Gasteiger partial charge in [0.25, 0.3) is 0 Å². The number of para-hydroxylation sites is 1. The number of hydrogen-bond donors (Lipinski definition) is 2. The van der Waals surface area contributed by atoms with Gasteiger partial charge in [0.15, 0.2) is 0 Å². The molecule has 0 aliphatic carbocycles. The molecule has 3 aromatic rings. The Kier molecular flexibility index (Phi) is 7.19. The molecule has 3 rings (SSSR count). The molecule has 0 spiro atoms. The van der Waals surface area contributed by atoms with Crippen molar-refractivity contribution in [2.24, 2.45) is 5.10 Å². The Hall–Kier alpha value is -3.64. The van der Waals surface area contributed by atoms with E-state index in [0.717, 1.165) is 16.7 Å². The van der Waals surface area contributed by atoms with Crippen molar-refractivity contribution in [1.82, 2.24) is 5.43 Å². The third kappa shape index (κ3) is 6.18. The van der Waals surface area contributed by atoms with Gasteiger partial charge in [-0.25, -0.2) is 5.43 Å². The molecule has 7 heteroatoms. The van der Waals surface area contributed by atoms with E-state index < -0.39 is 11.8 Å². The molecule has 152 valence electrons. The number of aryl methyl sites for hydroxylation is 1. The summed E-state index contributed by atoms with van der Waals surface area (Å²) in [6, 6.07) is 21.8. The number of carbonyl (C=O) groups excluding carboxylic acids is 2. The monoisotopic (exact) mass is 421 g/mol. The number of halogens is 1. The Morgan fingerprint density at radius 2 is 1.67 bits per heavy atom. The number of benzene rings is 3. The van der Waals surface area contributed by atoms with Crippen molar-refractivity contribution in [3.8, 4) is 5.75 Å². The summed E-state index contributed by atoms with van der Waals surface area (Å²) in [4.78, 5) is 23.8. The third-order valence-corrected chi connectivity index (χ3v) is 4.43. The highest BCUT2D eigenvalue weighted by Crippen LogP contribution is 2.15. The maximum absolute atomic E-state index is 11.9. The molecule has 0 saturated heterocycles. The average Bonchev–Trinajstić information content (AvgIpc) is 2.76. The lowest BCUT2D eigenvalue weighted by molar-refractivity contribution is -0.136. The minimum Gasteiger partial charge on any atom is -0.489 e. The Morgan fingerprint density at radius 3 is 2.37 bits per heavy atom. The van der Waals surface area contributed by atoms with Gasteiger partial charge >= 0.3 is 11.8 Å². The number of carbonyl (C=O) groups is 2. The molecule has 2 N–H and O–H groups in total. The van der Waals surface area contributed by atoms with E-state index in [2.05, 4.69) is 15.8 Å². The fourth-order valence-corrected chi connectivity index (χ4v) is 2.63. The zero-order valence-corrected chi connectivity index (χ0v) is 17.0. The van der Waals surface area contributed by atoms with Crippen LogP contribution in [0.4, 0.5) is 5.69 Å². The van der Waals surface area contributed by atoms with Crippen molar-refractivity contribution in [2.75, 3.05) is 5.32 Å². The average molecular weight is 422 g/mol. The lowest BCUT2D eigenvalue weighted by atomic mass is 10.2. The van der Waals surface area contributed by atoms with E-state index in [1.165, 1.54) is 6.21 Å². The quantitative estimate of drug-likeness (QED) is 0.353. The first-order chi connectivity index (χ1) is 14.5. The van der Waals surface area contributed by atoms with Crippen LogP contribution in [0.5, 0.6) is 5.75 Å². The van der Waals surface area contributed by atoms with E-state index in [9.17, 15) is 9.59 Å². The fourth-order valence-electron chi connectivity index (χ4n) is 2.51. The molecule has 0 bridgehead atoms. The van der Waals surface area contributed by atoms with Crippen LogP contribution in [-0.4, -0.2) is 18.0 Å². The van der Waals surface area contributed by atoms with Crippen molar-refractivity contribution in [3.63, 3.8) is 0 Å². The standard InChI is InChI=1S/C23H20ClN3O3/c1-16-4-2-3-5-21(16)26-22(28)23(29)27-25-14-17-8-12-20(13-9-17)30-15-18-6-10-19(24)11-7-18/h2-14H,15H2,1H3,(H,26,28)(H,27,29). The molecule has 2 amide bonds. The smallest absolute Gasteiger partial charge is 0.329 e. The summed E-state index contributed by atoms with van der Waals surface area (Å²) in [5.41, 5.74) is 5.41. The molecule has 0 aromatic heterocycles. The summed E-state index contributed by atoms with van der Waals surface area (Å²) >= 11 is 5.87. The molecule has 0 saturated carbocycles. The Morgan fingerprint density at radius 1 is 0.967 bits per heavy atom. The number of amides is 2. The highest BCUT2D eigenvalue weighted by atomic mass is 35.5. The highest BCUT2D eigenvalue weighted by Gasteiger charge is 2.13. The first-order valence-electron chi connectivity index (χ1n) is 9.18. The Balaban J connectivity index is 1.47. The first-order valence-corrected chi connectivity index (χ1v) is 9.56. The molecule has 0 aliphatic heterocycles. The number of hydrogen-bond acceptors (Lipinski definition) is 4. The van der Waals surface area contributed by atoms with Gasteiger partial charge in [0.05, 0.1) is 6.21 Å². The van der Waals surface area contributed by atoms with Crippen LogP contribution in [-0.2, 0) is 16.2 Å². The molecule has 6 nitrogen and oxygen atoms in total. The van der Waals surface area contributed by atoms with Crippen LogP contribution in [0, 0.1) is 6.92 Å². The van der Waals surface area contributed by atoms with Gasteiger partial charge in [0.1, 0.15) is 12.4 Å². The topological polar surface area (TPSA) is 79.8 Å². The molecule has 0 atom stereocenters. The Labute approximate surface area is 179 Å². The second-order valence-electron chi connectivity index (χ2n) is 6.45. The van der Waals surface area contributed by atoms with E-state index in [-0.39, 0.29) is 0 Å². The van der Waals surface area contributed by atoms with Crippen LogP contribution in [0.25, 0.3) is 0 Å². The third-order valence-electron chi connectivity index (χ3n) is 4.18. The number of ether oxygens (including phenoxy) is 1. The number of rotatable bonds is 6. The van der Waals surface area contributed by atoms with Gasteiger partial charge in [-0.2, -0.15) is 5.10 Å². The van der Waals surface area contributed by atoms with E-state index in [1.807, 2.05) is 43.3 Å². The molecule has 0 heterocycles. The predicted octanol–water partition coefficient (Wildman–Crippen LogP) is 4.32. The number of anilines is 1. The van der Waals surface area contributed by atoms with Gasteiger partial charge in [-0.3, -0.25) is 9.59 Å². The minimum atomic E-state index is -0.850. The van der Waals surface area contributed by atoms with Crippen LogP contribution in [0.15, 0.2) is 77.9 Å². The zero-order valence-electron chi connectivity index (χ0n) is 16.3. The Bertz CT molecular complexity index is 1050. The van der Waals surface area contributed by atoms with Crippen molar-refractivity contribution in [1.29, 1.82) is 0 Å². The molecule has 0 radical (unpaired) electrons. The lowest BCUT2D eigenvalue weighted by Crippen LogP contribution is -2.32. The summed E-state index contributed by atoms with van der Waals surface area (Å²) < 4.78 is 5.72. The van der Waals surface area contributed by atoms with Crippen molar-refractivity contribution in [3.05, 3.63) is 94.5 Å². The number of nitrogens with one attached hydrogen (secondary N) is 2. The summed E-state index contributed by atoms with van der Waals surface area (Å²) in [5.74, 6) is -0.937. The zero-order chi connectivity index (χ0) is 21.3. The van der Waals surface area contributed by atoms with E-state index >= 15 is 0 Å². The van der Waals surface area contributed by atoms with Gasteiger partial charge in [-0.1, -0.05) is 41.9 Å². The predicted molar refractivity (Wildman–Crippen MR) is 118 cm³/mol. The maximum atomic E-state index is 11.9.